The number of hydrogen-bond donors (Lipinski definition) is 0. The lowest BCUT2D eigenvalue weighted by atomic mass is 10.0. The van der Waals surface area contributed by atoms with Crippen LogP contribution in [0.25, 0.3) is 6.08 Å². The van der Waals surface area contributed by atoms with Crippen molar-refractivity contribution in [1.82, 2.24) is 0 Å². The Balaban J connectivity index is 2.40. The maximum Gasteiger partial charge on any atom is 0.341 e. The van der Waals surface area contributed by atoms with Crippen molar-refractivity contribution in [1.29, 1.82) is 0 Å². The zero-order chi connectivity index (χ0) is 13.7. The van der Waals surface area contributed by atoms with E-state index in [0.717, 1.165) is 5.56 Å². The summed E-state index contributed by atoms with van der Waals surface area (Å²) in [6.07, 6.45) is 1.55. The van der Waals surface area contributed by atoms with Gasteiger partial charge < -0.3 is 4.74 Å². The molecule has 2 aromatic rings. The van der Waals surface area contributed by atoms with Crippen LogP contribution in [0.2, 0.25) is 0 Å². The van der Waals surface area contributed by atoms with Crippen molar-refractivity contribution in [2.45, 2.75) is 0 Å². The zero-order valence-electron chi connectivity index (χ0n) is 10.3. The highest BCUT2D eigenvalue weighted by molar-refractivity contribution is 7.08. The van der Waals surface area contributed by atoms with Gasteiger partial charge >= 0.3 is 5.97 Å². The molecular weight excluding hydrogens is 260 g/mol. The highest BCUT2D eigenvalue weighted by atomic mass is 32.1. The Morgan fingerprint density at radius 2 is 1.89 bits per heavy atom. The average Bonchev–Trinajstić information content (AvgIpc) is 2.98. The molecule has 4 heteroatoms. The molecule has 0 bridgehead atoms. The quantitative estimate of drug-likeness (QED) is 0.282. The second-order valence-corrected chi connectivity index (χ2v) is 4.58. The van der Waals surface area contributed by atoms with Crippen molar-refractivity contribution in [3.8, 4) is 0 Å². The normalized spacial score (nSPS) is 11.1. The SMILES string of the molecule is COC(=O)/C(=C\c1ccccc1)C(=O)c1ccsc1. The van der Waals surface area contributed by atoms with Gasteiger partial charge in [-0.1, -0.05) is 30.3 Å². The maximum absolute atomic E-state index is 12.2. The lowest BCUT2D eigenvalue weighted by Crippen LogP contribution is -2.14. The molecule has 1 aromatic heterocycles. The Labute approximate surface area is 115 Å². The Morgan fingerprint density at radius 3 is 2.47 bits per heavy atom. The molecule has 1 aromatic carbocycles. The summed E-state index contributed by atoms with van der Waals surface area (Å²) in [6, 6.07) is 10.9. The molecule has 0 unspecified atom stereocenters. The minimum atomic E-state index is -0.625. The molecule has 19 heavy (non-hydrogen) atoms. The molecule has 0 atom stereocenters. The molecule has 0 spiro atoms. The first-order valence-corrected chi connectivity index (χ1v) is 6.58. The number of thiophene rings is 1. The number of methoxy groups -OCH3 is 1. The van der Waals surface area contributed by atoms with Crippen LogP contribution >= 0.6 is 11.3 Å². The molecule has 3 nitrogen and oxygen atoms in total. The number of esters is 1. The van der Waals surface area contributed by atoms with Crippen molar-refractivity contribution in [3.63, 3.8) is 0 Å². The van der Waals surface area contributed by atoms with Crippen LogP contribution in [0.15, 0.2) is 52.7 Å². The van der Waals surface area contributed by atoms with E-state index in [2.05, 4.69) is 4.74 Å². The smallest absolute Gasteiger partial charge is 0.341 e. The maximum atomic E-state index is 12.2. The second kappa shape index (κ2) is 6.11. The lowest BCUT2D eigenvalue weighted by Gasteiger charge is -2.03. The number of carbonyl (C=O) groups excluding carboxylic acids is 2. The minimum Gasteiger partial charge on any atom is -0.465 e. The fraction of sp³-hybridized carbons (Fsp3) is 0.0667. The van der Waals surface area contributed by atoms with E-state index in [0.29, 0.717) is 5.56 Å². The van der Waals surface area contributed by atoms with Gasteiger partial charge in [0.15, 0.2) is 0 Å². The van der Waals surface area contributed by atoms with Gasteiger partial charge in [-0.2, -0.15) is 11.3 Å². The van der Waals surface area contributed by atoms with Gasteiger partial charge in [0.05, 0.1) is 7.11 Å². The first kappa shape index (κ1) is 13.2. The van der Waals surface area contributed by atoms with Crippen LogP contribution in [0.1, 0.15) is 15.9 Å². The van der Waals surface area contributed by atoms with Crippen molar-refractivity contribution < 1.29 is 14.3 Å². The van der Waals surface area contributed by atoms with Gasteiger partial charge in [0.1, 0.15) is 5.57 Å². The van der Waals surface area contributed by atoms with Crippen molar-refractivity contribution in [2.75, 3.05) is 7.11 Å². The van der Waals surface area contributed by atoms with Gasteiger partial charge in [0.25, 0.3) is 0 Å². The van der Waals surface area contributed by atoms with Gasteiger partial charge in [0.2, 0.25) is 5.78 Å². The zero-order valence-corrected chi connectivity index (χ0v) is 11.1. The summed E-state index contributed by atoms with van der Waals surface area (Å²) in [6.45, 7) is 0. The van der Waals surface area contributed by atoms with E-state index in [1.165, 1.54) is 18.4 Å². The van der Waals surface area contributed by atoms with E-state index in [-0.39, 0.29) is 11.4 Å². The highest BCUT2D eigenvalue weighted by Crippen LogP contribution is 2.16. The van der Waals surface area contributed by atoms with E-state index < -0.39 is 5.97 Å². The Kier molecular flexibility index (Phi) is 4.26. The third-order valence-electron chi connectivity index (χ3n) is 2.54. The number of ketones is 1. The third kappa shape index (κ3) is 3.17. The molecule has 0 amide bonds. The van der Waals surface area contributed by atoms with E-state index >= 15 is 0 Å². The van der Waals surface area contributed by atoms with E-state index in [1.807, 2.05) is 30.3 Å². The number of ether oxygens (including phenoxy) is 1. The van der Waals surface area contributed by atoms with Gasteiger partial charge in [-0.3, -0.25) is 4.79 Å². The van der Waals surface area contributed by atoms with Crippen LogP contribution in [0.4, 0.5) is 0 Å². The largest absolute Gasteiger partial charge is 0.465 e. The molecule has 2 rings (SSSR count). The van der Waals surface area contributed by atoms with Gasteiger partial charge in [-0.05, 0) is 23.1 Å². The van der Waals surface area contributed by atoms with E-state index in [9.17, 15) is 9.59 Å². The fourth-order valence-electron chi connectivity index (χ4n) is 1.59. The summed E-state index contributed by atoms with van der Waals surface area (Å²) >= 11 is 1.41. The fourth-order valence-corrected chi connectivity index (χ4v) is 2.23. The summed E-state index contributed by atoms with van der Waals surface area (Å²) in [5.41, 5.74) is 1.32. The van der Waals surface area contributed by atoms with E-state index in [4.69, 9.17) is 0 Å². The molecular formula is C15H12O3S. The van der Waals surface area contributed by atoms with Crippen LogP contribution in [0, 0.1) is 0 Å². The molecule has 96 valence electrons. The van der Waals surface area contributed by atoms with Gasteiger partial charge in [-0.15, -0.1) is 0 Å². The lowest BCUT2D eigenvalue weighted by molar-refractivity contribution is -0.135. The first-order valence-electron chi connectivity index (χ1n) is 5.64. The Bertz CT molecular complexity index is 598. The molecule has 0 radical (unpaired) electrons. The molecule has 0 aliphatic heterocycles. The first-order chi connectivity index (χ1) is 9.22. The molecule has 0 N–H and O–H groups in total. The number of benzene rings is 1. The number of hydrogen-bond acceptors (Lipinski definition) is 4. The number of Topliss-reactive ketones (excluding diaryl/α,β-unsaturated/α-hetero) is 1. The summed E-state index contributed by atoms with van der Waals surface area (Å²) in [7, 11) is 1.27. The Morgan fingerprint density at radius 1 is 1.16 bits per heavy atom. The molecule has 0 aliphatic rings. The van der Waals surface area contributed by atoms with E-state index in [1.54, 1.807) is 22.9 Å². The predicted molar refractivity (Wildman–Crippen MR) is 75.1 cm³/mol. The van der Waals surface area contributed by atoms with Gasteiger partial charge in [-0.25, -0.2) is 4.79 Å². The minimum absolute atomic E-state index is 0.0344. The van der Waals surface area contributed by atoms with Crippen molar-refractivity contribution in [2.24, 2.45) is 0 Å². The molecule has 0 saturated carbocycles. The molecule has 0 fully saturated rings. The molecule has 0 saturated heterocycles. The van der Waals surface area contributed by atoms with Crippen LogP contribution in [0.5, 0.6) is 0 Å². The van der Waals surface area contributed by atoms with Crippen molar-refractivity contribution in [3.05, 3.63) is 63.9 Å². The standard InChI is InChI=1S/C15H12O3S/c1-18-15(17)13(9-11-5-3-2-4-6-11)14(16)12-7-8-19-10-12/h2-10H,1H3/b13-9-. The number of carbonyl (C=O) groups is 2. The van der Waals surface area contributed by atoms with Gasteiger partial charge in [0, 0.05) is 10.9 Å². The van der Waals surface area contributed by atoms with Crippen LogP contribution in [-0.4, -0.2) is 18.9 Å². The second-order valence-electron chi connectivity index (χ2n) is 3.80. The topological polar surface area (TPSA) is 43.4 Å². The summed E-state index contributed by atoms with van der Waals surface area (Å²) in [5, 5.41) is 3.51. The predicted octanol–water partition coefficient (Wildman–Crippen LogP) is 3.19. The van der Waals surface area contributed by atoms with Crippen LogP contribution in [-0.2, 0) is 9.53 Å². The summed E-state index contributed by atoms with van der Waals surface area (Å²) < 4.78 is 4.68. The van der Waals surface area contributed by atoms with Crippen LogP contribution < -0.4 is 0 Å². The molecule has 1 heterocycles. The third-order valence-corrected chi connectivity index (χ3v) is 3.23. The Hall–Kier alpha value is -2.20. The average molecular weight is 272 g/mol. The molecule has 0 aliphatic carbocycles. The van der Waals surface area contributed by atoms with Crippen LogP contribution in [0.3, 0.4) is 0 Å². The monoisotopic (exact) mass is 272 g/mol. The summed E-state index contributed by atoms with van der Waals surface area (Å²) in [4.78, 5) is 24.0. The number of rotatable bonds is 4. The van der Waals surface area contributed by atoms with Crippen molar-refractivity contribution >= 4 is 29.2 Å². The summed E-state index contributed by atoms with van der Waals surface area (Å²) in [5.74, 6) is -0.947. The highest BCUT2D eigenvalue weighted by Gasteiger charge is 2.20.